The second-order valence-electron chi connectivity index (χ2n) is 8.17. The largest absolute Gasteiger partial charge is 0.444 e. The lowest BCUT2D eigenvalue weighted by Gasteiger charge is -2.21. The molecule has 0 spiro atoms. The molecule has 1 saturated carbocycles. The normalized spacial score (nSPS) is 20.7. The molecule has 0 radical (unpaired) electrons. The van der Waals surface area contributed by atoms with Crippen LogP contribution in [-0.4, -0.2) is 51.5 Å². The van der Waals surface area contributed by atoms with Crippen molar-refractivity contribution in [2.45, 2.75) is 51.9 Å². The second kappa shape index (κ2) is 7.13. The van der Waals surface area contributed by atoms with Gasteiger partial charge in [0.1, 0.15) is 12.1 Å². The minimum Gasteiger partial charge on any atom is -0.444 e. The molecule has 1 N–H and O–H groups in total. The molecule has 2 atom stereocenters. The lowest BCUT2D eigenvalue weighted by Crippen LogP contribution is -2.47. The Kier molecular flexibility index (Phi) is 4.86. The van der Waals surface area contributed by atoms with Crippen molar-refractivity contribution < 1.29 is 27.5 Å². The summed E-state index contributed by atoms with van der Waals surface area (Å²) in [5.74, 6) is -1.16. The van der Waals surface area contributed by atoms with Gasteiger partial charge >= 0.3 is 12.3 Å². The Hall–Kier alpha value is -2.85. The van der Waals surface area contributed by atoms with Crippen molar-refractivity contribution in [2.24, 2.45) is 11.8 Å². The number of anilines is 1. The summed E-state index contributed by atoms with van der Waals surface area (Å²) in [6.07, 6.45) is -3.35. The van der Waals surface area contributed by atoms with E-state index >= 15 is 0 Å². The van der Waals surface area contributed by atoms with Crippen LogP contribution >= 0.6 is 0 Å². The maximum Gasteiger partial charge on any atom is 0.416 e. The third-order valence-corrected chi connectivity index (χ3v) is 5.46. The number of hydrogen-bond donors (Lipinski definition) is 1. The first kappa shape index (κ1) is 20.4. The molecule has 1 saturated heterocycles. The molecule has 162 valence electrons. The molecule has 1 unspecified atom stereocenters. The molecule has 2 aromatic rings. The Bertz CT molecular complexity index is 999. The van der Waals surface area contributed by atoms with Gasteiger partial charge in [-0.1, -0.05) is 13.8 Å². The number of nitrogens with one attached hydrogen (secondary N) is 1. The van der Waals surface area contributed by atoms with E-state index in [2.05, 4.69) is 15.4 Å². The first-order valence-corrected chi connectivity index (χ1v) is 9.77. The van der Waals surface area contributed by atoms with Crippen LogP contribution < -0.4 is 10.2 Å². The zero-order chi connectivity index (χ0) is 21.8. The van der Waals surface area contributed by atoms with Crippen LogP contribution in [0.5, 0.6) is 0 Å². The number of carbonyl (C=O) groups excluding carboxylic acids is 2. The number of carbonyl (C=O) groups is 2. The summed E-state index contributed by atoms with van der Waals surface area (Å²) in [6, 6.07) is -0.267. The molecule has 11 heteroatoms. The number of amides is 2. The van der Waals surface area contributed by atoms with Crippen LogP contribution in [0.1, 0.15) is 42.7 Å². The molecule has 2 amide bonds. The number of alkyl halides is 3. The fraction of sp³-hybridized carbons (Fsp3) is 0.579. The van der Waals surface area contributed by atoms with Gasteiger partial charge in [0.25, 0.3) is 5.91 Å². The van der Waals surface area contributed by atoms with Crippen LogP contribution in [0.25, 0.3) is 5.65 Å². The van der Waals surface area contributed by atoms with E-state index in [0.717, 1.165) is 0 Å². The molecule has 2 aromatic heterocycles. The fourth-order valence-electron chi connectivity index (χ4n) is 3.52. The van der Waals surface area contributed by atoms with Gasteiger partial charge in [0, 0.05) is 0 Å². The number of aryl methyl sites for hydroxylation is 1. The molecule has 2 aliphatic rings. The van der Waals surface area contributed by atoms with Crippen LogP contribution in [0.15, 0.2) is 12.3 Å². The number of rotatable bonds is 5. The average molecular weight is 425 g/mol. The van der Waals surface area contributed by atoms with Gasteiger partial charge < -0.3 is 10.1 Å². The molecule has 1 aliphatic carbocycles. The summed E-state index contributed by atoms with van der Waals surface area (Å²) in [4.78, 5) is 30.4. The van der Waals surface area contributed by atoms with Gasteiger partial charge in [-0.25, -0.2) is 14.3 Å². The zero-order valence-electron chi connectivity index (χ0n) is 16.7. The highest BCUT2D eigenvalue weighted by atomic mass is 19.4. The quantitative estimate of drug-likeness (QED) is 0.795. The summed E-state index contributed by atoms with van der Waals surface area (Å²) in [5, 5.41) is 6.39. The number of hydrogen-bond acceptors (Lipinski definition) is 5. The molecule has 4 rings (SSSR count). The minimum atomic E-state index is -4.53. The predicted octanol–water partition coefficient (Wildman–Crippen LogP) is 3.09. The standard InChI is InChI=1S/C19H22F3N5O3/c1-9(2)13-8-26(18(29)30-13)14-6-10(3)16-23-7-12(27(16)25-14)17(28)24-15(11-4-5-11)19(20,21)22/h6-7,9,11,13,15H,4-5,8H2,1-3H3,(H,24,28)/t13?,15-/m0/s1. The molecule has 8 nitrogen and oxygen atoms in total. The van der Waals surface area contributed by atoms with Gasteiger partial charge in [-0.3, -0.25) is 9.69 Å². The van der Waals surface area contributed by atoms with Gasteiger partial charge in [0.2, 0.25) is 0 Å². The van der Waals surface area contributed by atoms with E-state index in [4.69, 9.17) is 4.74 Å². The van der Waals surface area contributed by atoms with Crippen LogP contribution in [0, 0.1) is 18.8 Å². The molecule has 30 heavy (non-hydrogen) atoms. The maximum atomic E-state index is 13.3. The molecule has 0 bridgehead atoms. The summed E-state index contributed by atoms with van der Waals surface area (Å²) < 4.78 is 46.4. The van der Waals surface area contributed by atoms with Crippen molar-refractivity contribution in [1.82, 2.24) is 19.9 Å². The van der Waals surface area contributed by atoms with Crippen molar-refractivity contribution in [3.05, 3.63) is 23.5 Å². The van der Waals surface area contributed by atoms with Gasteiger partial charge in [-0.2, -0.15) is 13.2 Å². The summed E-state index contributed by atoms with van der Waals surface area (Å²) >= 11 is 0. The van der Waals surface area contributed by atoms with E-state index in [-0.39, 0.29) is 23.5 Å². The Morgan fingerprint density at radius 2 is 2.03 bits per heavy atom. The summed E-state index contributed by atoms with van der Waals surface area (Å²) in [5.41, 5.74) is 0.819. The lowest BCUT2D eigenvalue weighted by molar-refractivity contribution is -0.158. The highest BCUT2D eigenvalue weighted by Crippen LogP contribution is 2.40. The summed E-state index contributed by atoms with van der Waals surface area (Å²) in [6.45, 7) is 5.87. The minimum absolute atomic E-state index is 0.111. The Balaban J connectivity index is 1.65. The van der Waals surface area contributed by atoms with E-state index in [1.807, 2.05) is 13.8 Å². The van der Waals surface area contributed by atoms with Gasteiger partial charge in [0.15, 0.2) is 17.2 Å². The average Bonchev–Trinajstić information content (AvgIpc) is 3.26. The number of nitrogens with zero attached hydrogens (tertiary/aromatic N) is 4. The van der Waals surface area contributed by atoms with E-state index in [1.165, 1.54) is 15.6 Å². The van der Waals surface area contributed by atoms with Crippen LogP contribution in [0.4, 0.5) is 23.8 Å². The molecule has 2 fully saturated rings. The smallest absolute Gasteiger partial charge is 0.416 e. The SMILES string of the molecule is Cc1cc(N2CC(C(C)C)OC2=O)nn2c(C(=O)N[C@@H](C3CC3)C(F)(F)F)cnc12. The van der Waals surface area contributed by atoms with E-state index in [1.54, 1.807) is 13.0 Å². The molecule has 1 aliphatic heterocycles. The van der Waals surface area contributed by atoms with Crippen molar-refractivity contribution in [2.75, 3.05) is 11.4 Å². The monoisotopic (exact) mass is 425 g/mol. The maximum absolute atomic E-state index is 13.3. The van der Waals surface area contributed by atoms with Crippen molar-refractivity contribution in [1.29, 1.82) is 0 Å². The van der Waals surface area contributed by atoms with Gasteiger partial charge in [-0.15, -0.1) is 5.10 Å². The fourth-order valence-corrected chi connectivity index (χ4v) is 3.52. The summed E-state index contributed by atoms with van der Waals surface area (Å²) in [7, 11) is 0. The first-order chi connectivity index (χ1) is 14.1. The van der Waals surface area contributed by atoms with Crippen LogP contribution in [0.2, 0.25) is 0 Å². The van der Waals surface area contributed by atoms with E-state index in [9.17, 15) is 22.8 Å². The number of cyclic esters (lactones) is 1. The van der Waals surface area contributed by atoms with Crippen LogP contribution in [-0.2, 0) is 4.74 Å². The number of halogens is 3. The topological polar surface area (TPSA) is 88.8 Å². The highest BCUT2D eigenvalue weighted by Gasteiger charge is 2.50. The zero-order valence-corrected chi connectivity index (χ0v) is 16.7. The molecular weight excluding hydrogens is 403 g/mol. The molecule has 0 aromatic carbocycles. The van der Waals surface area contributed by atoms with Crippen molar-refractivity contribution in [3.63, 3.8) is 0 Å². The lowest BCUT2D eigenvalue weighted by atomic mass is 10.1. The van der Waals surface area contributed by atoms with Gasteiger partial charge in [-0.05, 0) is 43.2 Å². The Morgan fingerprint density at radius 1 is 1.33 bits per heavy atom. The van der Waals surface area contributed by atoms with Gasteiger partial charge in [0.05, 0.1) is 12.7 Å². The highest BCUT2D eigenvalue weighted by molar-refractivity contribution is 5.94. The number of aromatic nitrogens is 3. The molecular formula is C19H22F3N5O3. The Labute approximate surface area is 170 Å². The third-order valence-electron chi connectivity index (χ3n) is 5.46. The van der Waals surface area contributed by atoms with Crippen molar-refractivity contribution in [3.8, 4) is 0 Å². The number of ether oxygens (including phenoxy) is 1. The van der Waals surface area contributed by atoms with E-state index < -0.39 is 30.1 Å². The van der Waals surface area contributed by atoms with Crippen molar-refractivity contribution >= 4 is 23.5 Å². The Morgan fingerprint density at radius 3 is 2.60 bits per heavy atom. The number of imidazole rings is 1. The third kappa shape index (κ3) is 3.68. The first-order valence-electron chi connectivity index (χ1n) is 9.77. The molecule has 3 heterocycles. The van der Waals surface area contributed by atoms with Crippen LogP contribution in [0.3, 0.4) is 0 Å². The number of fused-ring (bicyclic) bond motifs is 1. The van der Waals surface area contributed by atoms with E-state index in [0.29, 0.717) is 30.6 Å². The predicted molar refractivity (Wildman–Crippen MR) is 100 cm³/mol. The second-order valence-corrected chi connectivity index (χ2v) is 8.17.